The van der Waals surface area contributed by atoms with E-state index >= 15 is 0 Å². The number of aliphatic carboxylic acids is 1. The Bertz CT molecular complexity index is 568. The molecule has 1 saturated heterocycles. The van der Waals surface area contributed by atoms with Crippen molar-refractivity contribution in [3.8, 4) is 0 Å². The van der Waals surface area contributed by atoms with Gasteiger partial charge >= 0.3 is 5.97 Å². The maximum absolute atomic E-state index is 10.9. The lowest BCUT2D eigenvalue weighted by Gasteiger charge is -2.28. The molecule has 0 unspecified atom stereocenters. The molecule has 0 aromatic rings. The summed E-state index contributed by atoms with van der Waals surface area (Å²) in [6.07, 6.45) is 15.3. The van der Waals surface area contributed by atoms with Gasteiger partial charge in [-0.15, -0.1) is 0 Å². The summed E-state index contributed by atoms with van der Waals surface area (Å²) in [6.45, 7) is 13.0. The monoisotopic (exact) mass is 374 g/mol. The van der Waals surface area contributed by atoms with Crippen molar-refractivity contribution in [1.29, 1.82) is 0 Å². The maximum atomic E-state index is 10.9. The minimum atomic E-state index is -0.946. The fraction of sp³-hybridized carbons (Fsp3) is 0.625. The van der Waals surface area contributed by atoms with Crippen molar-refractivity contribution < 1.29 is 14.6 Å². The van der Waals surface area contributed by atoms with Crippen molar-refractivity contribution in [2.24, 2.45) is 5.92 Å². The van der Waals surface area contributed by atoms with Crippen LogP contribution in [0, 0.1) is 5.92 Å². The van der Waals surface area contributed by atoms with Gasteiger partial charge in [-0.25, -0.2) is 4.79 Å². The number of rotatable bonds is 11. The van der Waals surface area contributed by atoms with Crippen molar-refractivity contribution >= 4 is 5.97 Å². The molecule has 0 amide bonds. The molecule has 0 saturated carbocycles. The second-order valence-corrected chi connectivity index (χ2v) is 8.13. The van der Waals surface area contributed by atoms with E-state index in [0.29, 0.717) is 12.5 Å². The Balaban J connectivity index is 2.21. The van der Waals surface area contributed by atoms with Crippen LogP contribution in [0.4, 0.5) is 0 Å². The molecule has 3 heteroatoms. The van der Waals surface area contributed by atoms with Crippen molar-refractivity contribution in [3.05, 3.63) is 47.1 Å². The van der Waals surface area contributed by atoms with Crippen molar-refractivity contribution in [2.75, 3.05) is 6.61 Å². The predicted molar refractivity (Wildman–Crippen MR) is 114 cm³/mol. The molecule has 1 aliphatic heterocycles. The topological polar surface area (TPSA) is 46.5 Å². The standard InChI is InChI=1S/C24H38O3/c1-18(2)9-6-10-19(3)11-7-12-20(4)13-8-14-22-15-16-23(27-17-22)21(5)24(25)26/h9,11,13,22-23H,5-8,10,12,14-17H2,1-4H3,(H,25,26)/b19-11+,20-13+/t22-,23+/m0/s1. The van der Waals surface area contributed by atoms with Crippen LogP contribution in [0.2, 0.25) is 0 Å². The third-order valence-corrected chi connectivity index (χ3v) is 5.22. The van der Waals surface area contributed by atoms with Crippen molar-refractivity contribution in [1.82, 2.24) is 0 Å². The van der Waals surface area contributed by atoms with Gasteiger partial charge in [0.05, 0.1) is 18.3 Å². The highest BCUT2D eigenvalue weighted by Crippen LogP contribution is 2.26. The van der Waals surface area contributed by atoms with Crippen LogP contribution in [0.15, 0.2) is 47.1 Å². The van der Waals surface area contributed by atoms with E-state index < -0.39 is 5.97 Å². The first-order valence-electron chi connectivity index (χ1n) is 10.3. The van der Waals surface area contributed by atoms with E-state index in [1.807, 2.05) is 0 Å². The van der Waals surface area contributed by atoms with Crippen LogP contribution in [0.25, 0.3) is 0 Å². The van der Waals surface area contributed by atoms with Gasteiger partial charge < -0.3 is 9.84 Å². The first-order chi connectivity index (χ1) is 12.8. The Labute approximate surface area is 165 Å². The van der Waals surface area contributed by atoms with E-state index in [9.17, 15) is 4.79 Å². The van der Waals surface area contributed by atoms with Crippen LogP contribution in [0.1, 0.15) is 79.1 Å². The van der Waals surface area contributed by atoms with Gasteiger partial charge in [0, 0.05) is 0 Å². The smallest absolute Gasteiger partial charge is 0.333 e. The molecule has 1 rings (SSSR count). The van der Waals surface area contributed by atoms with E-state index in [1.165, 1.54) is 16.7 Å². The lowest BCUT2D eigenvalue weighted by molar-refractivity contribution is -0.134. The molecule has 2 atom stereocenters. The minimum Gasteiger partial charge on any atom is -0.478 e. The molecule has 1 aliphatic rings. The summed E-state index contributed by atoms with van der Waals surface area (Å²) in [5.41, 5.74) is 4.52. The molecule has 3 nitrogen and oxygen atoms in total. The highest BCUT2D eigenvalue weighted by Gasteiger charge is 2.26. The first kappa shape index (κ1) is 23.4. The number of allylic oxidation sites excluding steroid dienone is 6. The largest absolute Gasteiger partial charge is 0.478 e. The Kier molecular flexibility index (Phi) is 11.0. The lowest BCUT2D eigenvalue weighted by atomic mass is 9.91. The zero-order chi connectivity index (χ0) is 20.2. The molecule has 27 heavy (non-hydrogen) atoms. The Hall–Kier alpha value is -1.61. The van der Waals surface area contributed by atoms with Crippen LogP contribution in [-0.2, 0) is 9.53 Å². The van der Waals surface area contributed by atoms with Gasteiger partial charge in [0.25, 0.3) is 0 Å². The summed E-state index contributed by atoms with van der Waals surface area (Å²) in [7, 11) is 0. The maximum Gasteiger partial charge on any atom is 0.333 e. The average molecular weight is 375 g/mol. The van der Waals surface area contributed by atoms with Gasteiger partial charge in [-0.1, -0.05) is 41.5 Å². The average Bonchev–Trinajstić information content (AvgIpc) is 2.61. The Morgan fingerprint density at radius 1 is 1.00 bits per heavy atom. The zero-order valence-corrected chi connectivity index (χ0v) is 17.7. The molecule has 0 aromatic carbocycles. The summed E-state index contributed by atoms with van der Waals surface area (Å²) in [4.78, 5) is 10.9. The van der Waals surface area contributed by atoms with E-state index in [0.717, 1.165) is 51.4 Å². The van der Waals surface area contributed by atoms with Gasteiger partial charge in [0.1, 0.15) is 0 Å². The quantitative estimate of drug-likeness (QED) is 0.326. The SMILES string of the molecule is C=C(C(=O)O)[C@H]1CC[C@H](CC/C=C(\C)CC/C=C(\C)CCC=C(C)C)CO1. The number of carboxylic acid groups (broad SMARTS) is 1. The number of hydrogen-bond acceptors (Lipinski definition) is 2. The summed E-state index contributed by atoms with van der Waals surface area (Å²) < 4.78 is 5.70. The van der Waals surface area contributed by atoms with Crippen molar-refractivity contribution in [3.63, 3.8) is 0 Å². The second kappa shape index (κ2) is 12.7. The summed E-state index contributed by atoms with van der Waals surface area (Å²) in [5, 5.41) is 8.98. The fourth-order valence-electron chi connectivity index (χ4n) is 3.35. The fourth-order valence-corrected chi connectivity index (χ4v) is 3.35. The molecule has 0 radical (unpaired) electrons. The van der Waals surface area contributed by atoms with E-state index in [2.05, 4.69) is 52.5 Å². The van der Waals surface area contributed by atoms with Crippen LogP contribution >= 0.6 is 0 Å². The van der Waals surface area contributed by atoms with Crippen LogP contribution in [-0.4, -0.2) is 23.8 Å². The Morgan fingerprint density at radius 3 is 2.11 bits per heavy atom. The highest BCUT2D eigenvalue weighted by molar-refractivity contribution is 5.86. The lowest BCUT2D eigenvalue weighted by Crippen LogP contribution is -2.29. The van der Waals surface area contributed by atoms with Crippen LogP contribution in [0.5, 0.6) is 0 Å². The van der Waals surface area contributed by atoms with Gasteiger partial charge in [-0.2, -0.15) is 0 Å². The molecule has 1 heterocycles. The molecule has 0 aliphatic carbocycles. The molecule has 1 N–H and O–H groups in total. The summed E-state index contributed by atoms with van der Waals surface area (Å²) in [6, 6.07) is 0. The molecule has 0 aromatic heterocycles. The molecule has 152 valence electrons. The molecule has 0 bridgehead atoms. The number of ether oxygens (including phenoxy) is 1. The van der Waals surface area contributed by atoms with Crippen molar-refractivity contribution in [2.45, 2.75) is 85.2 Å². The van der Waals surface area contributed by atoms with Crippen LogP contribution in [0.3, 0.4) is 0 Å². The molecular weight excluding hydrogens is 336 g/mol. The minimum absolute atomic E-state index is 0.188. The molecule has 1 fully saturated rings. The van der Waals surface area contributed by atoms with Crippen LogP contribution < -0.4 is 0 Å². The second-order valence-electron chi connectivity index (χ2n) is 8.13. The van der Waals surface area contributed by atoms with Gasteiger partial charge in [0.15, 0.2) is 0 Å². The predicted octanol–water partition coefficient (Wildman–Crippen LogP) is 6.62. The van der Waals surface area contributed by atoms with Gasteiger partial charge in [0.2, 0.25) is 0 Å². The highest BCUT2D eigenvalue weighted by atomic mass is 16.5. The molecule has 0 spiro atoms. The first-order valence-corrected chi connectivity index (χ1v) is 10.3. The van der Waals surface area contributed by atoms with E-state index in [1.54, 1.807) is 0 Å². The van der Waals surface area contributed by atoms with Gasteiger partial charge in [-0.3, -0.25) is 0 Å². The van der Waals surface area contributed by atoms with E-state index in [4.69, 9.17) is 9.84 Å². The van der Waals surface area contributed by atoms with Gasteiger partial charge in [-0.05, 0) is 85.0 Å². The zero-order valence-electron chi connectivity index (χ0n) is 17.7. The molecular formula is C24H38O3. The third kappa shape index (κ3) is 10.3. The number of hydrogen-bond donors (Lipinski definition) is 1. The summed E-state index contributed by atoms with van der Waals surface area (Å²) in [5.74, 6) is -0.414. The number of carboxylic acids is 1. The number of carbonyl (C=O) groups is 1. The Morgan fingerprint density at radius 2 is 1.59 bits per heavy atom. The third-order valence-electron chi connectivity index (χ3n) is 5.22. The van der Waals surface area contributed by atoms with E-state index in [-0.39, 0.29) is 11.7 Å². The summed E-state index contributed by atoms with van der Waals surface area (Å²) >= 11 is 0. The normalized spacial score (nSPS) is 21.0.